The highest BCUT2D eigenvalue weighted by Crippen LogP contribution is 2.25. The quantitative estimate of drug-likeness (QED) is 0.913. The fourth-order valence-corrected chi connectivity index (χ4v) is 5.25. The van der Waals surface area contributed by atoms with Gasteiger partial charge in [0.15, 0.2) is 9.84 Å². The van der Waals surface area contributed by atoms with E-state index in [4.69, 9.17) is 0 Å². The van der Waals surface area contributed by atoms with E-state index in [0.717, 1.165) is 4.88 Å². The minimum absolute atomic E-state index is 0.0449. The predicted molar refractivity (Wildman–Crippen MR) is 88.9 cm³/mol. The van der Waals surface area contributed by atoms with Gasteiger partial charge in [-0.15, -0.1) is 11.3 Å². The van der Waals surface area contributed by atoms with Crippen molar-refractivity contribution in [1.29, 1.82) is 0 Å². The van der Waals surface area contributed by atoms with Gasteiger partial charge in [0.05, 0.1) is 18.1 Å². The smallest absolute Gasteiger partial charge is 0.317 e. The summed E-state index contributed by atoms with van der Waals surface area (Å²) in [6.07, 6.45) is 0. The summed E-state index contributed by atoms with van der Waals surface area (Å²) in [6, 6.07) is 9.70. The molecule has 2 amide bonds. The first-order valence-electron chi connectivity index (χ1n) is 7.17. The van der Waals surface area contributed by atoms with Gasteiger partial charge < -0.3 is 10.2 Å². The van der Waals surface area contributed by atoms with Gasteiger partial charge in [0.25, 0.3) is 0 Å². The molecule has 1 N–H and O–H groups in total. The third-order valence-corrected chi connectivity index (χ3v) is 6.73. The van der Waals surface area contributed by atoms with Crippen LogP contribution >= 0.6 is 11.3 Å². The molecule has 1 aromatic heterocycles. The highest BCUT2D eigenvalue weighted by atomic mass is 32.2. The number of benzene rings is 1. The van der Waals surface area contributed by atoms with E-state index in [1.54, 1.807) is 23.2 Å². The Morgan fingerprint density at radius 1 is 1.41 bits per heavy atom. The summed E-state index contributed by atoms with van der Waals surface area (Å²) in [5, 5.41) is 4.07. The number of urea groups is 1. The zero-order valence-corrected chi connectivity index (χ0v) is 13.9. The predicted octanol–water partition coefficient (Wildman–Crippen LogP) is 2.23. The monoisotopic (exact) mass is 338 g/mol. The third-order valence-electron chi connectivity index (χ3n) is 3.82. The Labute approximate surface area is 133 Å². The molecule has 2 heterocycles. The SMILES string of the molecule is CC1CS(=O)(=O)CCN1C(=O)NCc1cc2ccccc2s1. The zero-order valence-electron chi connectivity index (χ0n) is 12.3. The van der Waals surface area contributed by atoms with Crippen LogP contribution in [0.15, 0.2) is 30.3 Å². The number of nitrogens with zero attached hydrogens (tertiary/aromatic N) is 1. The van der Waals surface area contributed by atoms with Crippen molar-refractivity contribution in [3.8, 4) is 0 Å². The van der Waals surface area contributed by atoms with Crippen molar-refractivity contribution >= 4 is 37.3 Å². The molecule has 1 aromatic carbocycles. The molecule has 2 aromatic rings. The van der Waals surface area contributed by atoms with Gasteiger partial charge in [0.2, 0.25) is 0 Å². The van der Waals surface area contributed by atoms with Crippen LogP contribution in [0, 0.1) is 0 Å². The molecule has 1 saturated heterocycles. The fraction of sp³-hybridized carbons (Fsp3) is 0.400. The molecular formula is C15H18N2O3S2. The molecule has 0 aliphatic carbocycles. The van der Waals surface area contributed by atoms with E-state index in [1.807, 2.05) is 12.1 Å². The maximum absolute atomic E-state index is 12.2. The highest BCUT2D eigenvalue weighted by Gasteiger charge is 2.31. The summed E-state index contributed by atoms with van der Waals surface area (Å²) in [7, 11) is -3.00. The molecule has 0 spiro atoms. The molecule has 1 unspecified atom stereocenters. The molecule has 1 fully saturated rings. The van der Waals surface area contributed by atoms with Crippen LogP contribution in [-0.4, -0.2) is 43.4 Å². The van der Waals surface area contributed by atoms with Crippen molar-refractivity contribution < 1.29 is 13.2 Å². The molecule has 0 radical (unpaired) electrons. The number of hydrogen-bond donors (Lipinski definition) is 1. The van der Waals surface area contributed by atoms with Gasteiger partial charge in [-0.3, -0.25) is 0 Å². The molecule has 1 atom stereocenters. The third kappa shape index (κ3) is 3.25. The molecule has 3 rings (SSSR count). The van der Waals surface area contributed by atoms with Gasteiger partial charge in [-0.25, -0.2) is 13.2 Å². The summed E-state index contributed by atoms with van der Waals surface area (Å²) >= 11 is 1.66. The molecular weight excluding hydrogens is 320 g/mol. The van der Waals surface area contributed by atoms with Crippen molar-refractivity contribution in [2.24, 2.45) is 0 Å². The number of amides is 2. The highest BCUT2D eigenvalue weighted by molar-refractivity contribution is 7.91. The number of nitrogens with one attached hydrogen (secondary N) is 1. The van der Waals surface area contributed by atoms with E-state index in [0.29, 0.717) is 6.54 Å². The second kappa shape index (κ2) is 5.89. The Morgan fingerprint density at radius 3 is 2.91 bits per heavy atom. The topological polar surface area (TPSA) is 66.5 Å². The number of rotatable bonds is 2. The number of carbonyl (C=O) groups excluding carboxylic acids is 1. The molecule has 1 aliphatic heterocycles. The number of thiophene rings is 1. The van der Waals surface area contributed by atoms with Gasteiger partial charge in [0.1, 0.15) is 0 Å². The first-order chi connectivity index (χ1) is 10.4. The number of fused-ring (bicyclic) bond motifs is 1. The van der Waals surface area contributed by atoms with Gasteiger partial charge in [-0.05, 0) is 24.4 Å². The Balaban J connectivity index is 1.62. The zero-order chi connectivity index (χ0) is 15.7. The van der Waals surface area contributed by atoms with Crippen LogP contribution in [0.1, 0.15) is 11.8 Å². The number of carbonyl (C=O) groups is 1. The van der Waals surface area contributed by atoms with E-state index in [2.05, 4.69) is 23.5 Å². The minimum atomic E-state index is -3.00. The van der Waals surface area contributed by atoms with Crippen LogP contribution in [-0.2, 0) is 16.4 Å². The Bertz CT molecular complexity index is 765. The molecule has 0 bridgehead atoms. The minimum Gasteiger partial charge on any atom is -0.333 e. The maximum Gasteiger partial charge on any atom is 0.317 e. The van der Waals surface area contributed by atoms with Crippen LogP contribution in [0.25, 0.3) is 10.1 Å². The number of sulfone groups is 1. The summed E-state index contributed by atoms with van der Waals surface area (Å²) in [4.78, 5) is 14.9. The summed E-state index contributed by atoms with van der Waals surface area (Å²) in [6.45, 7) is 2.51. The van der Waals surface area contributed by atoms with Crippen LogP contribution in [0.5, 0.6) is 0 Å². The summed E-state index contributed by atoms with van der Waals surface area (Å²) in [5.41, 5.74) is 0. The van der Waals surface area contributed by atoms with E-state index in [9.17, 15) is 13.2 Å². The van der Waals surface area contributed by atoms with Crippen molar-refractivity contribution in [2.75, 3.05) is 18.1 Å². The normalized spacial score (nSPS) is 21.0. The Hall–Kier alpha value is -1.60. The largest absolute Gasteiger partial charge is 0.333 e. The standard InChI is InChI=1S/C15H18N2O3S2/c1-11-10-22(19,20)7-6-17(11)15(18)16-9-13-8-12-4-2-3-5-14(12)21-13/h2-5,8,11H,6-7,9-10H2,1H3,(H,16,18). The maximum atomic E-state index is 12.2. The van der Waals surface area contributed by atoms with Crippen molar-refractivity contribution in [1.82, 2.24) is 10.2 Å². The lowest BCUT2D eigenvalue weighted by atomic mass is 10.2. The lowest BCUT2D eigenvalue weighted by molar-refractivity contribution is 0.184. The van der Waals surface area contributed by atoms with Crippen molar-refractivity contribution in [2.45, 2.75) is 19.5 Å². The summed E-state index contributed by atoms with van der Waals surface area (Å²) in [5.74, 6) is 0.0942. The first kappa shape index (κ1) is 15.3. The van der Waals surface area contributed by atoms with Crippen molar-refractivity contribution in [3.05, 3.63) is 35.2 Å². The molecule has 0 saturated carbocycles. The second-order valence-corrected chi connectivity index (χ2v) is 8.96. The van der Waals surface area contributed by atoms with E-state index in [-0.39, 0.29) is 30.1 Å². The average Bonchev–Trinajstić information content (AvgIpc) is 2.86. The second-order valence-electron chi connectivity index (χ2n) is 5.57. The van der Waals surface area contributed by atoms with Crippen LogP contribution < -0.4 is 5.32 Å². The van der Waals surface area contributed by atoms with Gasteiger partial charge in [0, 0.05) is 22.2 Å². The van der Waals surface area contributed by atoms with Gasteiger partial charge in [-0.1, -0.05) is 18.2 Å². The van der Waals surface area contributed by atoms with E-state index in [1.165, 1.54) is 10.1 Å². The lowest BCUT2D eigenvalue weighted by Gasteiger charge is -2.33. The average molecular weight is 338 g/mol. The molecule has 7 heteroatoms. The Kier molecular flexibility index (Phi) is 4.10. The van der Waals surface area contributed by atoms with Crippen LogP contribution in [0.2, 0.25) is 0 Å². The molecule has 22 heavy (non-hydrogen) atoms. The first-order valence-corrected chi connectivity index (χ1v) is 9.81. The number of hydrogen-bond acceptors (Lipinski definition) is 4. The molecule has 118 valence electrons. The van der Waals surface area contributed by atoms with Crippen LogP contribution in [0.3, 0.4) is 0 Å². The van der Waals surface area contributed by atoms with Gasteiger partial charge >= 0.3 is 6.03 Å². The fourth-order valence-electron chi connectivity index (χ4n) is 2.69. The molecule has 1 aliphatic rings. The van der Waals surface area contributed by atoms with Crippen molar-refractivity contribution in [3.63, 3.8) is 0 Å². The van der Waals surface area contributed by atoms with Gasteiger partial charge in [-0.2, -0.15) is 0 Å². The molecule has 5 nitrogen and oxygen atoms in total. The van der Waals surface area contributed by atoms with E-state index >= 15 is 0 Å². The Morgan fingerprint density at radius 2 is 2.18 bits per heavy atom. The van der Waals surface area contributed by atoms with Crippen LogP contribution in [0.4, 0.5) is 4.79 Å². The summed E-state index contributed by atoms with van der Waals surface area (Å²) < 4.78 is 24.3. The van der Waals surface area contributed by atoms with E-state index < -0.39 is 9.84 Å². The lowest BCUT2D eigenvalue weighted by Crippen LogP contribution is -2.53.